The fourth-order valence-electron chi connectivity index (χ4n) is 1.58. The van der Waals surface area contributed by atoms with Crippen LogP contribution in [0.2, 0.25) is 0 Å². The number of carbonyl (C=O) groups is 2. The van der Waals surface area contributed by atoms with Crippen molar-refractivity contribution in [1.82, 2.24) is 9.88 Å². The average molecular weight is 290 g/mol. The van der Waals surface area contributed by atoms with Gasteiger partial charge in [0.2, 0.25) is 0 Å². The zero-order chi connectivity index (χ0) is 15.5. The summed E-state index contributed by atoms with van der Waals surface area (Å²) in [6.45, 7) is 1.17. The van der Waals surface area contributed by atoms with E-state index in [1.165, 1.54) is 20.0 Å². The van der Waals surface area contributed by atoms with Crippen molar-refractivity contribution in [2.45, 2.75) is 13.1 Å². The van der Waals surface area contributed by atoms with Gasteiger partial charge < -0.3 is 10.0 Å². The van der Waals surface area contributed by atoms with Gasteiger partial charge in [0.05, 0.1) is 11.5 Å². The highest BCUT2D eigenvalue weighted by atomic mass is 19.4. The Morgan fingerprint density at radius 3 is 2.55 bits per heavy atom. The Morgan fingerprint density at radius 1 is 1.45 bits per heavy atom. The first-order valence-corrected chi connectivity index (χ1v) is 5.65. The number of alkyl halides is 3. The van der Waals surface area contributed by atoms with Crippen molar-refractivity contribution in [1.29, 1.82) is 0 Å². The first kappa shape index (κ1) is 15.9. The van der Waals surface area contributed by atoms with Crippen LogP contribution in [0.1, 0.15) is 23.0 Å². The van der Waals surface area contributed by atoms with E-state index in [1.807, 2.05) is 0 Å². The predicted octanol–water partition coefficient (Wildman–Crippen LogP) is 1.89. The van der Waals surface area contributed by atoms with Crippen molar-refractivity contribution in [3.8, 4) is 0 Å². The quantitative estimate of drug-likeness (QED) is 0.919. The van der Waals surface area contributed by atoms with Gasteiger partial charge in [0, 0.05) is 19.8 Å². The monoisotopic (exact) mass is 290 g/mol. The van der Waals surface area contributed by atoms with Crippen LogP contribution in [0.15, 0.2) is 18.3 Å². The van der Waals surface area contributed by atoms with Crippen molar-refractivity contribution in [2.24, 2.45) is 5.92 Å². The maximum absolute atomic E-state index is 12.7. The Bertz CT molecular complexity index is 517. The van der Waals surface area contributed by atoms with Crippen LogP contribution in [0.25, 0.3) is 0 Å². The van der Waals surface area contributed by atoms with Gasteiger partial charge in [-0.25, -0.2) is 0 Å². The zero-order valence-electron chi connectivity index (χ0n) is 10.8. The molecule has 110 valence electrons. The maximum atomic E-state index is 12.7. The molecule has 8 heteroatoms. The molecule has 0 saturated heterocycles. The number of carbonyl (C=O) groups excluding carboxylic acids is 1. The molecule has 0 spiro atoms. The molecule has 1 atom stereocenters. The smallest absolute Gasteiger partial charge is 0.434 e. The van der Waals surface area contributed by atoms with Gasteiger partial charge in [-0.05, 0) is 12.1 Å². The molecule has 1 aromatic heterocycles. The highest BCUT2D eigenvalue weighted by Crippen LogP contribution is 2.30. The van der Waals surface area contributed by atoms with Crippen LogP contribution < -0.4 is 0 Å². The topological polar surface area (TPSA) is 70.5 Å². The lowest BCUT2D eigenvalue weighted by Crippen LogP contribution is -2.35. The Balaban J connectivity index is 3.01. The lowest BCUT2D eigenvalue weighted by Gasteiger charge is -2.21. The molecule has 20 heavy (non-hydrogen) atoms. The zero-order valence-corrected chi connectivity index (χ0v) is 10.8. The number of aromatic nitrogens is 1. The molecule has 0 aliphatic carbocycles. The molecule has 1 N–H and O–H groups in total. The van der Waals surface area contributed by atoms with Gasteiger partial charge in [-0.1, -0.05) is 6.92 Å². The Kier molecular flexibility index (Phi) is 4.69. The standard InChI is InChI=1S/C12H13F3N2O3/c1-7(11(19)20)6-17(2)10(18)8-4-3-5-16-9(8)12(13,14)15/h3-5,7H,6H2,1-2H3,(H,19,20). The molecule has 0 aromatic carbocycles. The van der Waals surface area contributed by atoms with Gasteiger partial charge in [-0.15, -0.1) is 0 Å². The Morgan fingerprint density at radius 2 is 2.05 bits per heavy atom. The number of halogens is 3. The van der Waals surface area contributed by atoms with Crippen LogP contribution in [0.3, 0.4) is 0 Å². The predicted molar refractivity (Wildman–Crippen MR) is 63.0 cm³/mol. The number of rotatable bonds is 4. The van der Waals surface area contributed by atoms with Gasteiger partial charge in [0.25, 0.3) is 5.91 Å². The van der Waals surface area contributed by atoms with Crippen molar-refractivity contribution in [3.63, 3.8) is 0 Å². The largest absolute Gasteiger partial charge is 0.481 e. The van der Waals surface area contributed by atoms with Gasteiger partial charge in [-0.2, -0.15) is 13.2 Å². The van der Waals surface area contributed by atoms with Crippen LogP contribution in [-0.2, 0) is 11.0 Å². The summed E-state index contributed by atoms with van der Waals surface area (Å²) < 4.78 is 38.2. The minimum atomic E-state index is -4.74. The van der Waals surface area contributed by atoms with E-state index in [4.69, 9.17) is 5.11 Å². The molecule has 1 rings (SSSR count). The summed E-state index contributed by atoms with van der Waals surface area (Å²) in [5, 5.41) is 8.74. The summed E-state index contributed by atoms with van der Waals surface area (Å²) in [5.41, 5.74) is -1.88. The Hall–Kier alpha value is -2.12. The number of hydrogen-bond acceptors (Lipinski definition) is 3. The first-order chi connectivity index (χ1) is 9.14. The minimum Gasteiger partial charge on any atom is -0.481 e. The van der Waals surface area contributed by atoms with Crippen LogP contribution >= 0.6 is 0 Å². The first-order valence-electron chi connectivity index (χ1n) is 5.65. The van der Waals surface area contributed by atoms with E-state index in [0.29, 0.717) is 0 Å². The number of carboxylic acids is 1. The number of carboxylic acid groups (broad SMARTS) is 1. The van der Waals surface area contributed by atoms with Crippen LogP contribution in [-0.4, -0.2) is 40.5 Å². The third kappa shape index (κ3) is 3.69. The average Bonchev–Trinajstić information content (AvgIpc) is 2.36. The third-order valence-corrected chi connectivity index (χ3v) is 2.62. The molecular weight excluding hydrogens is 277 g/mol. The molecule has 1 amide bonds. The minimum absolute atomic E-state index is 0.194. The molecule has 0 bridgehead atoms. The molecule has 0 fully saturated rings. The van der Waals surface area contributed by atoms with E-state index in [2.05, 4.69) is 4.98 Å². The second-order valence-corrected chi connectivity index (χ2v) is 4.32. The van der Waals surface area contributed by atoms with Crippen molar-refractivity contribution >= 4 is 11.9 Å². The Labute approximate surface area is 113 Å². The fourth-order valence-corrected chi connectivity index (χ4v) is 1.58. The van der Waals surface area contributed by atoms with Crippen molar-refractivity contribution in [2.75, 3.05) is 13.6 Å². The van der Waals surface area contributed by atoms with Gasteiger partial charge in [-0.3, -0.25) is 14.6 Å². The lowest BCUT2D eigenvalue weighted by atomic mass is 10.1. The molecule has 1 unspecified atom stereocenters. The number of aliphatic carboxylic acids is 1. The SMILES string of the molecule is CC(CN(C)C(=O)c1cccnc1C(F)(F)F)C(=O)O. The van der Waals surface area contributed by atoms with Crippen LogP contribution in [0.4, 0.5) is 13.2 Å². The molecule has 5 nitrogen and oxygen atoms in total. The number of pyridine rings is 1. The summed E-state index contributed by atoms with van der Waals surface area (Å²) in [6.07, 6.45) is -3.80. The molecule has 1 aromatic rings. The molecule has 0 radical (unpaired) electrons. The summed E-state index contributed by atoms with van der Waals surface area (Å²) in [4.78, 5) is 26.8. The van der Waals surface area contributed by atoms with E-state index < -0.39 is 35.2 Å². The number of nitrogens with zero attached hydrogens (tertiary/aromatic N) is 2. The second-order valence-electron chi connectivity index (χ2n) is 4.32. The molecule has 0 aliphatic heterocycles. The van der Waals surface area contributed by atoms with E-state index in [0.717, 1.165) is 17.2 Å². The second kappa shape index (κ2) is 5.89. The van der Waals surface area contributed by atoms with Crippen LogP contribution in [0, 0.1) is 5.92 Å². The molecule has 1 heterocycles. The van der Waals surface area contributed by atoms with E-state index in [-0.39, 0.29) is 6.54 Å². The highest BCUT2D eigenvalue weighted by Gasteiger charge is 2.37. The van der Waals surface area contributed by atoms with E-state index >= 15 is 0 Å². The van der Waals surface area contributed by atoms with Gasteiger partial charge in [0.1, 0.15) is 0 Å². The maximum Gasteiger partial charge on any atom is 0.434 e. The molecule has 0 saturated carbocycles. The highest BCUT2D eigenvalue weighted by molar-refractivity contribution is 5.95. The van der Waals surface area contributed by atoms with Crippen LogP contribution in [0.5, 0.6) is 0 Å². The molecular formula is C12H13F3N2O3. The lowest BCUT2D eigenvalue weighted by molar-refractivity contribution is -0.142. The summed E-state index contributed by atoms with van der Waals surface area (Å²) >= 11 is 0. The summed E-state index contributed by atoms with van der Waals surface area (Å²) in [5.74, 6) is -2.93. The van der Waals surface area contributed by atoms with Gasteiger partial charge >= 0.3 is 12.1 Å². The van der Waals surface area contributed by atoms with E-state index in [9.17, 15) is 22.8 Å². The van der Waals surface area contributed by atoms with E-state index in [1.54, 1.807) is 0 Å². The van der Waals surface area contributed by atoms with Crippen molar-refractivity contribution < 1.29 is 27.9 Å². The normalized spacial score (nSPS) is 12.8. The fraction of sp³-hybridized carbons (Fsp3) is 0.417. The third-order valence-electron chi connectivity index (χ3n) is 2.62. The molecule has 0 aliphatic rings. The summed E-state index contributed by atoms with van der Waals surface area (Å²) in [7, 11) is 1.24. The summed E-state index contributed by atoms with van der Waals surface area (Å²) in [6, 6.07) is 2.23. The van der Waals surface area contributed by atoms with Crippen molar-refractivity contribution in [3.05, 3.63) is 29.6 Å². The van der Waals surface area contributed by atoms with Gasteiger partial charge in [0.15, 0.2) is 5.69 Å². The number of hydrogen-bond donors (Lipinski definition) is 1. The number of amides is 1.